The third kappa shape index (κ3) is 5.57. The quantitative estimate of drug-likeness (QED) is 0.655. The van der Waals surface area contributed by atoms with Crippen LogP contribution < -0.4 is 5.32 Å². The molecule has 2 aromatic carbocycles. The molecule has 4 heteroatoms. The number of carbonyl (C=O) groups excluding carboxylic acids is 2. The topological polar surface area (TPSA) is 55.4 Å². The summed E-state index contributed by atoms with van der Waals surface area (Å²) in [5, 5.41) is 2.58. The van der Waals surface area contributed by atoms with Gasteiger partial charge in [-0.1, -0.05) is 60.7 Å². The highest BCUT2D eigenvalue weighted by atomic mass is 16.5. The molecule has 1 amide bonds. The van der Waals surface area contributed by atoms with Crippen molar-refractivity contribution < 1.29 is 14.3 Å². The molecule has 122 valence electrons. The van der Waals surface area contributed by atoms with Crippen molar-refractivity contribution in [3.63, 3.8) is 0 Å². The van der Waals surface area contributed by atoms with Crippen molar-refractivity contribution in [3.05, 3.63) is 83.6 Å². The van der Waals surface area contributed by atoms with Gasteiger partial charge in [-0.05, 0) is 30.2 Å². The van der Waals surface area contributed by atoms with Crippen LogP contribution in [0.5, 0.6) is 0 Å². The molecular weight excluding hydrogens is 302 g/mol. The molecule has 0 radical (unpaired) electrons. The Labute approximate surface area is 141 Å². The lowest BCUT2D eigenvalue weighted by Crippen LogP contribution is -2.27. The maximum absolute atomic E-state index is 12.1. The Balaban J connectivity index is 2.13. The minimum Gasteiger partial charge on any atom is -0.461 e. The van der Waals surface area contributed by atoms with Crippen molar-refractivity contribution in [2.75, 3.05) is 6.61 Å². The van der Waals surface area contributed by atoms with Crippen LogP contribution in [0.2, 0.25) is 0 Å². The second kappa shape index (κ2) is 9.10. The summed E-state index contributed by atoms with van der Waals surface area (Å²) in [7, 11) is 0. The Morgan fingerprint density at radius 2 is 1.54 bits per heavy atom. The standard InChI is InChI=1S/C20H19NO3/c1-2-24-20(23)18(15-17-11-7-4-8-12-17)21-19(22)14-13-16-9-5-3-6-10-16/h3-15H,2H2,1H3,(H,21,22)/b14-13?,18-15-. The fraction of sp³-hybridized carbons (Fsp3) is 0.100. The Bertz CT molecular complexity index is 734. The van der Waals surface area contributed by atoms with Gasteiger partial charge in [0, 0.05) is 6.08 Å². The number of nitrogens with one attached hydrogen (secondary N) is 1. The van der Waals surface area contributed by atoms with E-state index in [1.807, 2.05) is 60.7 Å². The number of carbonyl (C=O) groups is 2. The fourth-order valence-corrected chi connectivity index (χ4v) is 1.98. The lowest BCUT2D eigenvalue weighted by atomic mass is 10.2. The molecule has 0 saturated heterocycles. The zero-order valence-electron chi connectivity index (χ0n) is 13.4. The Hall–Kier alpha value is -3.14. The van der Waals surface area contributed by atoms with Gasteiger partial charge in [0.1, 0.15) is 5.70 Å². The highest BCUT2D eigenvalue weighted by Gasteiger charge is 2.12. The zero-order chi connectivity index (χ0) is 17.2. The maximum Gasteiger partial charge on any atom is 0.354 e. The van der Waals surface area contributed by atoms with Crippen LogP contribution in [0.4, 0.5) is 0 Å². The molecule has 4 nitrogen and oxygen atoms in total. The third-order valence-corrected chi connectivity index (χ3v) is 3.09. The van der Waals surface area contributed by atoms with Gasteiger partial charge in [-0.2, -0.15) is 0 Å². The van der Waals surface area contributed by atoms with Gasteiger partial charge < -0.3 is 10.1 Å². The second-order valence-corrected chi connectivity index (χ2v) is 4.92. The van der Waals surface area contributed by atoms with Crippen LogP contribution in [0.25, 0.3) is 12.2 Å². The van der Waals surface area contributed by atoms with E-state index >= 15 is 0 Å². The van der Waals surface area contributed by atoms with Crippen LogP contribution in [0, 0.1) is 0 Å². The first kappa shape index (κ1) is 17.2. The lowest BCUT2D eigenvalue weighted by molar-refractivity contribution is -0.139. The molecule has 0 heterocycles. The summed E-state index contributed by atoms with van der Waals surface area (Å²) in [6, 6.07) is 18.7. The smallest absolute Gasteiger partial charge is 0.354 e. The van der Waals surface area contributed by atoms with Gasteiger partial charge in [-0.25, -0.2) is 4.79 Å². The number of benzene rings is 2. The zero-order valence-corrected chi connectivity index (χ0v) is 13.4. The second-order valence-electron chi connectivity index (χ2n) is 4.92. The number of ether oxygens (including phenoxy) is 1. The summed E-state index contributed by atoms with van der Waals surface area (Å²) in [5.74, 6) is -0.961. The summed E-state index contributed by atoms with van der Waals surface area (Å²) < 4.78 is 4.99. The Morgan fingerprint density at radius 3 is 2.12 bits per heavy atom. The third-order valence-electron chi connectivity index (χ3n) is 3.09. The molecule has 2 aromatic rings. The number of hydrogen-bond acceptors (Lipinski definition) is 3. The highest BCUT2D eigenvalue weighted by Crippen LogP contribution is 2.07. The fourth-order valence-electron chi connectivity index (χ4n) is 1.98. The molecule has 1 N–H and O–H groups in total. The maximum atomic E-state index is 12.1. The van der Waals surface area contributed by atoms with Crippen molar-refractivity contribution in [1.29, 1.82) is 0 Å². The number of rotatable bonds is 6. The lowest BCUT2D eigenvalue weighted by Gasteiger charge is -2.07. The summed E-state index contributed by atoms with van der Waals surface area (Å²) in [6.07, 6.45) is 4.65. The number of hydrogen-bond donors (Lipinski definition) is 1. The molecule has 0 atom stereocenters. The summed E-state index contributed by atoms with van der Waals surface area (Å²) in [4.78, 5) is 24.1. The van der Waals surface area contributed by atoms with E-state index in [2.05, 4.69) is 5.32 Å². The van der Waals surface area contributed by atoms with Crippen LogP contribution in [0.3, 0.4) is 0 Å². The van der Waals surface area contributed by atoms with E-state index in [4.69, 9.17) is 4.74 Å². The van der Waals surface area contributed by atoms with Crippen LogP contribution in [0.15, 0.2) is 72.4 Å². The largest absolute Gasteiger partial charge is 0.461 e. The van der Waals surface area contributed by atoms with Gasteiger partial charge in [0.2, 0.25) is 5.91 Å². The monoisotopic (exact) mass is 321 g/mol. The Morgan fingerprint density at radius 1 is 0.958 bits per heavy atom. The predicted molar refractivity (Wildman–Crippen MR) is 94.7 cm³/mol. The minimum absolute atomic E-state index is 0.103. The normalized spacial score (nSPS) is 11.3. The number of esters is 1. The van der Waals surface area contributed by atoms with E-state index in [1.165, 1.54) is 6.08 Å². The molecule has 0 aliphatic heterocycles. The summed E-state index contributed by atoms with van der Waals surface area (Å²) in [6.45, 7) is 1.95. The van der Waals surface area contributed by atoms with Gasteiger partial charge in [0.05, 0.1) is 6.61 Å². The first-order valence-corrected chi connectivity index (χ1v) is 7.67. The van der Waals surface area contributed by atoms with E-state index in [1.54, 1.807) is 19.1 Å². The van der Waals surface area contributed by atoms with Crippen molar-refractivity contribution in [2.24, 2.45) is 0 Å². The summed E-state index contributed by atoms with van der Waals surface area (Å²) >= 11 is 0. The summed E-state index contributed by atoms with van der Waals surface area (Å²) in [5.41, 5.74) is 1.80. The molecule has 0 aromatic heterocycles. The van der Waals surface area contributed by atoms with Gasteiger partial charge in [-0.15, -0.1) is 0 Å². The van der Waals surface area contributed by atoms with E-state index in [0.717, 1.165) is 11.1 Å². The molecule has 0 aliphatic carbocycles. The molecule has 2 rings (SSSR count). The van der Waals surface area contributed by atoms with Gasteiger partial charge in [0.25, 0.3) is 0 Å². The number of amides is 1. The molecule has 0 aliphatic rings. The molecule has 0 unspecified atom stereocenters. The molecule has 0 bridgehead atoms. The van der Waals surface area contributed by atoms with Crippen LogP contribution in [0.1, 0.15) is 18.1 Å². The average molecular weight is 321 g/mol. The first-order chi connectivity index (χ1) is 11.7. The molecule has 0 spiro atoms. The molecular formula is C20H19NO3. The molecule has 0 fully saturated rings. The minimum atomic E-state index is -0.567. The first-order valence-electron chi connectivity index (χ1n) is 7.67. The van der Waals surface area contributed by atoms with Crippen LogP contribution in [-0.2, 0) is 14.3 Å². The van der Waals surface area contributed by atoms with Crippen LogP contribution in [-0.4, -0.2) is 18.5 Å². The molecule has 0 saturated carbocycles. The Kier molecular flexibility index (Phi) is 6.53. The average Bonchev–Trinajstić information content (AvgIpc) is 2.61. The van der Waals surface area contributed by atoms with Gasteiger partial charge in [-0.3, -0.25) is 4.79 Å². The SMILES string of the molecule is CCOC(=O)/C(=C/c1ccccc1)NC(=O)C=Cc1ccccc1. The van der Waals surface area contributed by atoms with E-state index in [-0.39, 0.29) is 12.3 Å². The van der Waals surface area contributed by atoms with E-state index in [9.17, 15) is 9.59 Å². The van der Waals surface area contributed by atoms with Crippen molar-refractivity contribution in [1.82, 2.24) is 5.32 Å². The molecule has 24 heavy (non-hydrogen) atoms. The van der Waals surface area contributed by atoms with Gasteiger partial charge >= 0.3 is 5.97 Å². The van der Waals surface area contributed by atoms with Crippen molar-refractivity contribution in [2.45, 2.75) is 6.92 Å². The predicted octanol–water partition coefficient (Wildman–Crippen LogP) is 3.42. The highest BCUT2D eigenvalue weighted by molar-refractivity contribution is 6.02. The van der Waals surface area contributed by atoms with Crippen LogP contribution >= 0.6 is 0 Å². The van der Waals surface area contributed by atoms with E-state index in [0.29, 0.717) is 0 Å². The van der Waals surface area contributed by atoms with Gasteiger partial charge in [0.15, 0.2) is 0 Å². The van der Waals surface area contributed by atoms with Crippen molar-refractivity contribution in [3.8, 4) is 0 Å². The van der Waals surface area contributed by atoms with E-state index < -0.39 is 11.9 Å². The van der Waals surface area contributed by atoms with Crippen molar-refractivity contribution >= 4 is 24.0 Å².